The topological polar surface area (TPSA) is 46.2 Å². The number of rotatable bonds is 11. The molecule has 0 heterocycles. The van der Waals surface area contributed by atoms with Crippen molar-refractivity contribution >= 4 is 17.3 Å². The molecule has 0 radical (unpaired) electrons. The minimum atomic E-state index is -0.0278. The van der Waals surface area contributed by atoms with E-state index in [0.29, 0.717) is 28.7 Å². The van der Waals surface area contributed by atoms with Crippen LogP contribution in [0.25, 0.3) is 0 Å². The summed E-state index contributed by atoms with van der Waals surface area (Å²) in [5.41, 5.74) is 7.41. The van der Waals surface area contributed by atoms with E-state index < -0.39 is 0 Å². The number of para-hydroxylation sites is 1. The van der Waals surface area contributed by atoms with Crippen LogP contribution in [-0.4, -0.2) is 18.1 Å². The molecule has 1 aliphatic rings. The van der Waals surface area contributed by atoms with Gasteiger partial charge < -0.3 is 5.32 Å². The fourth-order valence-corrected chi connectivity index (χ4v) is 4.24. The molecule has 0 fully saturated rings. The summed E-state index contributed by atoms with van der Waals surface area (Å²) in [6.45, 7) is 9.11. The van der Waals surface area contributed by atoms with Crippen LogP contribution < -0.4 is 5.32 Å². The number of anilines is 1. The van der Waals surface area contributed by atoms with Crippen LogP contribution in [0.5, 0.6) is 0 Å². The Morgan fingerprint density at radius 3 is 1.91 bits per heavy atom. The maximum Gasteiger partial charge on any atom is 0.190 e. The van der Waals surface area contributed by atoms with Crippen molar-refractivity contribution in [2.24, 2.45) is 0 Å². The number of ketones is 2. The number of hydrogen-bond acceptors (Lipinski definition) is 3. The van der Waals surface area contributed by atoms with Crippen LogP contribution in [0, 0.1) is 0 Å². The van der Waals surface area contributed by atoms with Gasteiger partial charge >= 0.3 is 0 Å². The molecule has 182 valence electrons. The number of carbonyl (C=O) groups is 2. The van der Waals surface area contributed by atoms with Gasteiger partial charge in [0.2, 0.25) is 0 Å². The third kappa shape index (κ3) is 7.51. The van der Waals surface area contributed by atoms with E-state index in [4.69, 9.17) is 0 Å². The Hall–Kier alpha value is -3.46. The molecule has 1 aliphatic carbocycles. The van der Waals surface area contributed by atoms with Gasteiger partial charge in [-0.1, -0.05) is 77.4 Å². The van der Waals surface area contributed by atoms with Crippen LogP contribution in [0.1, 0.15) is 80.5 Å². The van der Waals surface area contributed by atoms with Gasteiger partial charge in [-0.25, -0.2) is 0 Å². The summed E-state index contributed by atoms with van der Waals surface area (Å²) >= 11 is 0. The van der Waals surface area contributed by atoms with Gasteiger partial charge in [0.05, 0.1) is 0 Å². The summed E-state index contributed by atoms with van der Waals surface area (Å²) in [6.07, 6.45) is 11.3. The third-order valence-corrected chi connectivity index (χ3v) is 6.55. The number of allylic oxidation sites excluding steroid dienone is 7. The highest BCUT2D eigenvalue weighted by atomic mass is 16.1. The second kappa shape index (κ2) is 12.9. The summed E-state index contributed by atoms with van der Waals surface area (Å²) in [5.74, 6) is -0.0419. The van der Waals surface area contributed by atoms with Crippen LogP contribution >= 0.6 is 0 Å². The lowest BCUT2D eigenvalue weighted by Gasteiger charge is -2.18. The van der Waals surface area contributed by atoms with E-state index in [1.165, 1.54) is 16.7 Å². The molecule has 35 heavy (non-hydrogen) atoms. The average molecular weight is 468 g/mol. The van der Waals surface area contributed by atoms with Gasteiger partial charge in [-0.15, -0.1) is 0 Å². The Labute approximate surface area is 210 Å². The van der Waals surface area contributed by atoms with Crippen molar-refractivity contribution < 1.29 is 9.59 Å². The SMILES string of the molecule is CC1=C(C/C=C(\C)CC/C=C(\C)CC/C=C(\C)CNc2ccccc2)C(=O)c2ccccc2C1=O. The Kier molecular flexibility index (Phi) is 9.60. The quantitative estimate of drug-likeness (QED) is 0.338. The fourth-order valence-electron chi connectivity index (χ4n) is 4.24. The minimum Gasteiger partial charge on any atom is -0.381 e. The van der Waals surface area contributed by atoms with Crippen molar-refractivity contribution in [1.82, 2.24) is 0 Å². The molecule has 1 N–H and O–H groups in total. The molecular formula is C32H37NO2. The van der Waals surface area contributed by atoms with Crippen molar-refractivity contribution in [3.63, 3.8) is 0 Å². The highest BCUT2D eigenvalue weighted by Crippen LogP contribution is 2.28. The Morgan fingerprint density at radius 1 is 0.714 bits per heavy atom. The normalized spacial score (nSPS) is 14.9. The summed E-state index contributed by atoms with van der Waals surface area (Å²) in [4.78, 5) is 25.5. The largest absolute Gasteiger partial charge is 0.381 e. The summed E-state index contributed by atoms with van der Waals surface area (Å²) < 4.78 is 0. The van der Waals surface area contributed by atoms with Gasteiger partial charge in [-0.2, -0.15) is 0 Å². The first-order valence-corrected chi connectivity index (χ1v) is 12.5. The molecule has 2 aromatic rings. The highest BCUT2D eigenvalue weighted by molar-refractivity contribution is 6.26. The van der Waals surface area contributed by atoms with E-state index in [1.807, 2.05) is 30.3 Å². The molecule has 2 aromatic carbocycles. The number of nitrogens with one attached hydrogen (secondary N) is 1. The van der Waals surface area contributed by atoms with E-state index in [-0.39, 0.29) is 11.6 Å². The lowest BCUT2D eigenvalue weighted by Crippen LogP contribution is -2.20. The van der Waals surface area contributed by atoms with Crippen LogP contribution in [-0.2, 0) is 0 Å². The molecule has 0 aliphatic heterocycles. The van der Waals surface area contributed by atoms with Crippen molar-refractivity contribution in [2.75, 3.05) is 11.9 Å². The molecule has 3 rings (SSSR count). The predicted octanol–water partition coefficient (Wildman–Crippen LogP) is 8.28. The van der Waals surface area contributed by atoms with Crippen molar-refractivity contribution in [2.45, 2.75) is 59.8 Å². The van der Waals surface area contributed by atoms with E-state index in [9.17, 15) is 9.59 Å². The lowest BCUT2D eigenvalue weighted by atomic mass is 9.83. The van der Waals surface area contributed by atoms with Gasteiger partial charge in [0.1, 0.15) is 0 Å². The Bertz CT molecular complexity index is 1180. The van der Waals surface area contributed by atoms with Crippen LogP contribution in [0.15, 0.2) is 101 Å². The molecule has 0 amide bonds. The van der Waals surface area contributed by atoms with Gasteiger partial charge in [0.15, 0.2) is 11.6 Å². The smallest absolute Gasteiger partial charge is 0.190 e. The van der Waals surface area contributed by atoms with Gasteiger partial charge in [0.25, 0.3) is 0 Å². The predicted molar refractivity (Wildman–Crippen MR) is 147 cm³/mol. The fraction of sp³-hybridized carbons (Fsp3) is 0.312. The third-order valence-electron chi connectivity index (χ3n) is 6.55. The van der Waals surface area contributed by atoms with Crippen LogP contribution in [0.2, 0.25) is 0 Å². The van der Waals surface area contributed by atoms with E-state index in [0.717, 1.165) is 37.9 Å². The molecule has 3 nitrogen and oxygen atoms in total. The Balaban J connectivity index is 1.43. The molecular weight excluding hydrogens is 430 g/mol. The zero-order valence-electron chi connectivity index (χ0n) is 21.5. The van der Waals surface area contributed by atoms with E-state index in [2.05, 4.69) is 56.4 Å². The first-order chi connectivity index (χ1) is 16.9. The molecule has 0 saturated heterocycles. The number of benzene rings is 2. The van der Waals surface area contributed by atoms with E-state index >= 15 is 0 Å². The molecule has 0 atom stereocenters. The van der Waals surface area contributed by atoms with E-state index in [1.54, 1.807) is 19.1 Å². The lowest BCUT2D eigenvalue weighted by molar-refractivity contribution is 0.0973. The highest BCUT2D eigenvalue weighted by Gasteiger charge is 2.28. The second-order valence-corrected chi connectivity index (χ2v) is 9.46. The summed E-state index contributed by atoms with van der Waals surface area (Å²) in [6, 6.07) is 17.4. The summed E-state index contributed by atoms with van der Waals surface area (Å²) in [5, 5.41) is 3.45. The monoisotopic (exact) mass is 467 g/mol. The first kappa shape index (κ1) is 26.2. The zero-order valence-corrected chi connectivity index (χ0v) is 21.5. The van der Waals surface area contributed by atoms with Crippen molar-refractivity contribution in [1.29, 1.82) is 0 Å². The van der Waals surface area contributed by atoms with Crippen molar-refractivity contribution in [3.8, 4) is 0 Å². The molecule has 0 spiro atoms. The van der Waals surface area contributed by atoms with Crippen LogP contribution in [0.4, 0.5) is 5.69 Å². The molecule has 3 heteroatoms. The standard InChI is InChI=1S/C32H37NO2/c1-23(13-11-15-25(3)22-33-27-16-6-5-7-17-27)12-10-14-24(2)20-21-28-26(4)31(34)29-18-8-9-19-30(29)32(28)35/h5-9,12,15-20,33H,10-11,13-14,21-22H2,1-4H3/b23-12+,24-20+,25-15+. The van der Waals surface area contributed by atoms with Crippen molar-refractivity contribution in [3.05, 3.63) is 112 Å². The zero-order chi connectivity index (χ0) is 25.2. The number of hydrogen-bond donors (Lipinski definition) is 1. The van der Waals surface area contributed by atoms with Crippen LogP contribution in [0.3, 0.4) is 0 Å². The van der Waals surface area contributed by atoms with Gasteiger partial charge in [-0.05, 0) is 71.9 Å². The Morgan fingerprint density at radius 2 is 1.26 bits per heavy atom. The first-order valence-electron chi connectivity index (χ1n) is 12.5. The molecule has 0 aromatic heterocycles. The number of Topliss-reactive ketones (excluding diaryl/α,β-unsaturated/α-hetero) is 2. The summed E-state index contributed by atoms with van der Waals surface area (Å²) in [7, 11) is 0. The maximum absolute atomic E-state index is 12.9. The number of carbonyl (C=O) groups excluding carboxylic acids is 2. The molecule has 0 saturated carbocycles. The maximum atomic E-state index is 12.9. The second-order valence-electron chi connectivity index (χ2n) is 9.46. The van der Waals surface area contributed by atoms with Gasteiger partial charge in [-0.3, -0.25) is 9.59 Å². The average Bonchev–Trinajstić information content (AvgIpc) is 2.86. The van der Waals surface area contributed by atoms with Gasteiger partial charge in [0, 0.05) is 34.5 Å². The molecule has 0 unspecified atom stereocenters. The molecule has 0 bridgehead atoms. The number of fused-ring (bicyclic) bond motifs is 1. The minimum absolute atomic E-state index is 0.0141.